The smallest absolute Gasteiger partial charge is 0.266 e. The number of anilines is 1. The molecular formula is C26H29N3OS. The molecule has 4 rings (SSSR count). The van der Waals surface area contributed by atoms with Crippen molar-refractivity contribution in [2.45, 2.75) is 40.2 Å². The minimum Gasteiger partial charge on any atom is -0.365 e. The molecule has 2 aromatic rings. The van der Waals surface area contributed by atoms with E-state index < -0.39 is 0 Å². The van der Waals surface area contributed by atoms with Gasteiger partial charge in [0, 0.05) is 24.8 Å². The monoisotopic (exact) mass is 431 g/mol. The number of carbonyl (C=O) groups is 1. The average molecular weight is 432 g/mol. The Bertz CT molecular complexity index is 1130. The molecule has 0 saturated carbocycles. The first-order valence-corrected chi connectivity index (χ1v) is 11.5. The molecule has 0 radical (unpaired) electrons. The van der Waals surface area contributed by atoms with Gasteiger partial charge in [-0.2, -0.15) is 0 Å². The summed E-state index contributed by atoms with van der Waals surface area (Å²) in [5, 5.41) is 0.734. The van der Waals surface area contributed by atoms with Crippen LogP contribution in [0.3, 0.4) is 0 Å². The van der Waals surface area contributed by atoms with Gasteiger partial charge in [-0.3, -0.25) is 9.69 Å². The van der Waals surface area contributed by atoms with Crippen LogP contribution in [0.25, 0.3) is 11.6 Å². The Hall–Kier alpha value is -2.79. The Morgan fingerprint density at radius 2 is 1.84 bits per heavy atom. The van der Waals surface area contributed by atoms with Crippen LogP contribution in [0.4, 0.5) is 11.4 Å². The second-order valence-corrected chi connectivity index (χ2v) is 9.67. The van der Waals surface area contributed by atoms with E-state index in [-0.39, 0.29) is 11.4 Å². The van der Waals surface area contributed by atoms with Crippen LogP contribution in [0.2, 0.25) is 0 Å². The summed E-state index contributed by atoms with van der Waals surface area (Å²) in [6, 6.07) is 14.2. The predicted octanol–water partition coefficient (Wildman–Crippen LogP) is 6.25. The number of nitrogens with zero attached hydrogens (tertiary/aromatic N) is 3. The minimum atomic E-state index is -0.0226. The zero-order valence-corrected chi connectivity index (χ0v) is 19.9. The summed E-state index contributed by atoms with van der Waals surface area (Å²) in [6.07, 6.45) is 4.33. The van der Waals surface area contributed by atoms with Gasteiger partial charge in [-0.05, 0) is 93.4 Å². The molecule has 5 heteroatoms. The number of hydrogen-bond donors (Lipinski definition) is 0. The van der Waals surface area contributed by atoms with E-state index in [9.17, 15) is 4.79 Å². The van der Waals surface area contributed by atoms with Crippen LogP contribution in [0.5, 0.6) is 0 Å². The van der Waals surface area contributed by atoms with Crippen molar-refractivity contribution in [1.29, 1.82) is 0 Å². The third-order valence-corrected chi connectivity index (χ3v) is 7.08. The summed E-state index contributed by atoms with van der Waals surface area (Å²) < 4.78 is 0. The number of rotatable bonds is 3. The second kappa shape index (κ2) is 8.04. The first kappa shape index (κ1) is 21.4. The third-order valence-electron chi connectivity index (χ3n) is 6.08. The standard InChI is InChI=1S/C26H29N3OS/c1-7-29-24(30)23(31-25(29)27-20-11-9-8-10-12-20)15-19-14-21-18(3)16-26(4,5)28(6)22(21)13-17(19)2/h8-16H,7H2,1-6H3/b23-15+,27-25?. The van der Waals surface area contributed by atoms with Crippen molar-refractivity contribution in [3.05, 3.63) is 70.1 Å². The normalized spacial score (nSPS) is 20.5. The van der Waals surface area contributed by atoms with Crippen molar-refractivity contribution >= 4 is 45.9 Å². The number of likely N-dealkylation sites (N-methyl/N-ethyl adjacent to an activating group) is 2. The van der Waals surface area contributed by atoms with Crippen LogP contribution in [0, 0.1) is 6.92 Å². The van der Waals surface area contributed by atoms with Gasteiger partial charge in [0.05, 0.1) is 16.1 Å². The van der Waals surface area contributed by atoms with Crippen LogP contribution >= 0.6 is 11.8 Å². The Balaban J connectivity index is 1.73. The van der Waals surface area contributed by atoms with E-state index in [1.807, 2.05) is 43.3 Å². The zero-order chi connectivity index (χ0) is 22.3. The van der Waals surface area contributed by atoms with Crippen LogP contribution in [-0.4, -0.2) is 35.1 Å². The van der Waals surface area contributed by atoms with Crippen LogP contribution < -0.4 is 4.90 Å². The van der Waals surface area contributed by atoms with E-state index in [0.717, 1.165) is 22.0 Å². The Morgan fingerprint density at radius 1 is 1.13 bits per heavy atom. The van der Waals surface area contributed by atoms with Gasteiger partial charge in [-0.1, -0.05) is 24.3 Å². The number of thioether (sulfide) groups is 1. The molecule has 1 fully saturated rings. The SMILES string of the molecule is CCN1C(=O)/C(=C\c2cc3c(cc2C)N(C)C(C)(C)C=C3C)SC1=Nc1ccccc1. The van der Waals surface area contributed by atoms with Crippen molar-refractivity contribution in [2.24, 2.45) is 4.99 Å². The van der Waals surface area contributed by atoms with Gasteiger partial charge in [0.25, 0.3) is 5.91 Å². The van der Waals surface area contributed by atoms with Gasteiger partial charge < -0.3 is 4.90 Å². The summed E-state index contributed by atoms with van der Waals surface area (Å²) in [5.41, 5.74) is 6.79. The molecule has 0 atom stereocenters. The van der Waals surface area contributed by atoms with Gasteiger partial charge in [0.2, 0.25) is 0 Å². The fourth-order valence-electron chi connectivity index (χ4n) is 4.10. The van der Waals surface area contributed by atoms with Crippen molar-refractivity contribution < 1.29 is 4.79 Å². The van der Waals surface area contributed by atoms with E-state index in [0.29, 0.717) is 11.4 Å². The molecular weight excluding hydrogens is 402 g/mol. The highest BCUT2D eigenvalue weighted by Crippen LogP contribution is 2.41. The van der Waals surface area contributed by atoms with Crippen LogP contribution in [-0.2, 0) is 4.79 Å². The van der Waals surface area contributed by atoms with Gasteiger partial charge in [0.1, 0.15) is 0 Å². The topological polar surface area (TPSA) is 35.9 Å². The van der Waals surface area contributed by atoms with E-state index in [4.69, 9.17) is 4.99 Å². The number of amidine groups is 1. The first-order chi connectivity index (χ1) is 14.7. The van der Waals surface area contributed by atoms with Crippen molar-refractivity contribution in [1.82, 2.24) is 4.90 Å². The molecule has 2 aliphatic rings. The molecule has 1 amide bonds. The molecule has 2 aromatic carbocycles. The maximum Gasteiger partial charge on any atom is 0.266 e. The van der Waals surface area contributed by atoms with Gasteiger partial charge in [-0.15, -0.1) is 0 Å². The summed E-state index contributed by atoms with van der Waals surface area (Å²) in [4.78, 5) is 22.6. The van der Waals surface area contributed by atoms with Crippen LogP contribution in [0.15, 0.2) is 58.4 Å². The Kier molecular flexibility index (Phi) is 5.56. The maximum absolute atomic E-state index is 13.1. The number of benzene rings is 2. The highest BCUT2D eigenvalue weighted by Gasteiger charge is 2.33. The number of aliphatic imine (C=N–C) groups is 1. The third kappa shape index (κ3) is 3.94. The lowest BCUT2D eigenvalue weighted by Crippen LogP contribution is -2.42. The molecule has 0 N–H and O–H groups in total. The fourth-order valence-corrected chi connectivity index (χ4v) is 5.15. The molecule has 160 valence electrons. The molecule has 0 spiro atoms. The fraction of sp³-hybridized carbons (Fsp3) is 0.308. The number of hydrogen-bond acceptors (Lipinski definition) is 4. The van der Waals surface area contributed by atoms with E-state index in [1.54, 1.807) is 4.90 Å². The van der Waals surface area contributed by atoms with Gasteiger partial charge in [0.15, 0.2) is 5.17 Å². The molecule has 31 heavy (non-hydrogen) atoms. The number of allylic oxidation sites excluding steroid dienone is 1. The average Bonchev–Trinajstić information content (AvgIpc) is 3.02. The highest BCUT2D eigenvalue weighted by molar-refractivity contribution is 8.18. The van der Waals surface area contributed by atoms with Gasteiger partial charge in [-0.25, -0.2) is 4.99 Å². The summed E-state index contributed by atoms with van der Waals surface area (Å²) in [5.74, 6) is 0.0183. The highest BCUT2D eigenvalue weighted by atomic mass is 32.2. The summed E-state index contributed by atoms with van der Waals surface area (Å²) in [7, 11) is 2.14. The van der Waals surface area contributed by atoms with Crippen molar-refractivity contribution in [2.75, 3.05) is 18.5 Å². The number of amides is 1. The van der Waals surface area contributed by atoms with Gasteiger partial charge >= 0.3 is 0 Å². The summed E-state index contributed by atoms with van der Waals surface area (Å²) in [6.45, 7) is 11.3. The van der Waals surface area contributed by atoms with E-state index >= 15 is 0 Å². The van der Waals surface area contributed by atoms with Crippen molar-refractivity contribution in [3.8, 4) is 0 Å². The minimum absolute atomic E-state index is 0.0183. The molecule has 0 aromatic heterocycles. The molecule has 2 heterocycles. The molecule has 4 nitrogen and oxygen atoms in total. The maximum atomic E-state index is 13.1. The second-order valence-electron chi connectivity index (χ2n) is 8.66. The molecule has 0 aliphatic carbocycles. The zero-order valence-electron chi connectivity index (χ0n) is 19.1. The number of carbonyl (C=O) groups excluding carboxylic acids is 1. The lowest BCUT2D eigenvalue weighted by atomic mass is 9.87. The number of para-hydroxylation sites is 1. The first-order valence-electron chi connectivity index (χ1n) is 10.6. The lowest BCUT2D eigenvalue weighted by molar-refractivity contribution is -0.122. The number of aryl methyl sites for hydroxylation is 1. The largest absolute Gasteiger partial charge is 0.365 e. The molecule has 2 aliphatic heterocycles. The quantitative estimate of drug-likeness (QED) is 0.539. The molecule has 0 bridgehead atoms. The molecule has 0 unspecified atom stereocenters. The Labute approximate surface area is 189 Å². The molecule has 1 saturated heterocycles. The summed E-state index contributed by atoms with van der Waals surface area (Å²) >= 11 is 1.45. The van der Waals surface area contributed by atoms with Crippen molar-refractivity contribution in [3.63, 3.8) is 0 Å². The lowest BCUT2D eigenvalue weighted by Gasteiger charge is -2.41. The number of fused-ring (bicyclic) bond motifs is 1. The predicted molar refractivity (Wildman–Crippen MR) is 134 cm³/mol. The Morgan fingerprint density at radius 3 is 2.52 bits per heavy atom. The van der Waals surface area contributed by atoms with Crippen LogP contribution in [0.1, 0.15) is 44.4 Å². The van der Waals surface area contributed by atoms with E-state index in [1.165, 1.54) is 28.6 Å². The van der Waals surface area contributed by atoms with E-state index in [2.05, 4.69) is 57.9 Å².